The molecule has 2 N–H and O–H groups in total. The molecule has 0 unspecified atom stereocenters. The van der Waals surface area contributed by atoms with Crippen molar-refractivity contribution in [1.29, 1.82) is 0 Å². The molecular formula is C23H25FN4O5. The molecule has 0 radical (unpaired) electrons. The number of hydrogen-bond acceptors (Lipinski definition) is 6. The van der Waals surface area contributed by atoms with Gasteiger partial charge < -0.3 is 24.1 Å². The van der Waals surface area contributed by atoms with E-state index in [0.717, 1.165) is 26.1 Å². The Morgan fingerprint density at radius 2 is 1.82 bits per heavy atom. The Morgan fingerprint density at radius 1 is 1.09 bits per heavy atom. The van der Waals surface area contributed by atoms with E-state index in [1.807, 2.05) is 0 Å². The molecule has 3 aromatic rings. The van der Waals surface area contributed by atoms with Crippen molar-refractivity contribution < 1.29 is 19.0 Å². The van der Waals surface area contributed by atoms with Gasteiger partial charge in [0.1, 0.15) is 11.4 Å². The zero-order chi connectivity index (χ0) is 23.4. The average Bonchev–Trinajstić information content (AvgIpc) is 2.82. The van der Waals surface area contributed by atoms with Crippen molar-refractivity contribution in [2.24, 2.45) is 0 Å². The maximum atomic E-state index is 13.0. The average molecular weight is 456 g/mol. The molecule has 9 nitrogen and oxygen atoms in total. The van der Waals surface area contributed by atoms with Crippen molar-refractivity contribution >= 4 is 11.4 Å². The third-order valence-electron chi connectivity index (χ3n) is 5.67. The number of pyridine rings is 1. The Labute approximate surface area is 188 Å². The van der Waals surface area contributed by atoms with Crippen LogP contribution in [0.15, 0.2) is 52.4 Å². The summed E-state index contributed by atoms with van der Waals surface area (Å²) in [5, 5.41) is 13.0. The lowest BCUT2D eigenvalue weighted by molar-refractivity contribution is 0.0369. The normalized spacial score (nSPS) is 14.5. The number of carbonyl (C=O) groups is 1. The van der Waals surface area contributed by atoms with Gasteiger partial charge in [0.15, 0.2) is 11.3 Å². The lowest BCUT2D eigenvalue weighted by Gasteiger charge is -2.26. The second kappa shape index (κ2) is 9.97. The number of morpholine rings is 1. The summed E-state index contributed by atoms with van der Waals surface area (Å²) in [5.41, 5.74) is -1.25. The Balaban J connectivity index is 1.50. The van der Waals surface area contributed by atoms with Gasteiger partial charge in [-0.05, 0) is 24.1 Å². The highest BCUT2D eigenvalue weighted by molar-refractivity contribution is 5.94. The van der Waals surface area contributed by atoms with Crippen LogP contribution < -0.4 is 16.3 Å². The highest BCUT2D eigenvalue weighted by Crippen LogP contribution is 2.12. The van der Waals surface area contributed by atoms with E-state index in [1.54, 1.807) is 6.20 Å². The van der Waals surface area contributed by atoms with Crippen LogP contribution in [-0.4, -0.2) is 57.7 Å². The quantitative estimate of drug-likeness (QED) is 0.549. The van der Waals surface area contributed by atoms with Crippen LogP contribution in [0, 0.1) is 5.82 Å². The predicted octanol–water partition coefficient (Wildman–Crippen LogP) is 0.958. The van der Waals surface area contributed by atoms with Crippen LogP contribution in [0.1, 0.15) is 22.3 Å². The van der Waals surface area contributed by atoms with Gasteiger partial charge in [0, 0.05) is 51.3 Å². The molecule has 4 rings (SSSR count). The second-order valence-electron chi connectivity index (χ2n) is 7.89. The third kappa shape index (κ3) is 5.12. The number of amides is 1. The van der Waals surface area contributed by atoms with Crippen LogP contribution in [0.25, 0.3) is 5.52 Å². The summed E-state index contributed by atoms with van der Waals surface area (Å²) in [4.78, 5) is 40.3. The Kier molecular flexibility index (Phi) is 6.85. The third-order valence-corrected chi connectivity index (χ3v) is 5.67. The fraction of sp³-hybridized carbons (Fsp3) is 0.348. The summed E-state index contributed by atoms with van der Waals surface area (Å²) < 4.78 is 21.1. The number of nitrogens with zero attached hydrogens (tertiary/aromatic N) is 3. The van der Waals surface area contributed by atoms with Gasteiger partial charge in [-0.25, -0.2) is 4.39 Å². The molecule has 1 saturated heterocycles. The maximum absolute atomic E-state index is 13.0. The highest BCUT2D eigenvalue weighted by atomic mass is 19.1. The molecule has 1 fully saturated rings. The van der Waals surface area contributed by atoms with Crippen molar-refractivity contribution in [2.45, 2.75) is 19.5 Å². The predicted molar refractivity (Wildman–Crippen MR) is 119 cm³/mol. The van der Waals surface area contributed by atoms with Gasteiger partial charge in [0.25, 0.3) is 11.5 Å². The Bertz CT molecular complexity index is 1260. The summed E-state index contributed by atoms with van der Waals surface area (Å²) in [6.45, 7) is 4.43. The first kappa shape index (κ1) is 22.7. The van der Waals surface area contributed by atoms with Gasteiger partial charge in [-0.1, -0.05) is 12.1 Å². The molecular weight excluding hydrogens is 431 g/mol. The molecule has 0 saturated carbocycles. The van der Waals surface area contributed by atoms with Crippen molar-refractivity contribution in [1.82, 2.24) is 19.2 Å². The van der Waals surface area contributed by atoms with Gasteiger partial charge in [-0.2, -0.15) is 0 Å². The number of carbonyl (C=O) groups excluding carboxylic acids is 1. The monoisotopic (exact) mass is 456 g/mol. The molecule has 1 amide bonds. The summed E-state index contributed by atoms with van der Waals surface area (Å²) in [6.07, 6.45) is 5.06. The van der Waals surface area contributed by atoms with E-state index >= 15 is 0 Å². The smallest absolute Gasteiger partial charge is 0.278 e. The summed E-state index contributed by atoms with van der Waals surface area (Å²) in [5.74, 6) is -1.87. The summed E-state index contributed by atoms with van der Waals surface area (Å²) in [7, 11) is 0. The van der Waals surface area contributed by atoms with E-state index in [9.17, 15) is 23.9 Å². The minimum absolute atomic E-state index is 0.0761. The Morgan fingerprint density at radius 3 is 2.55 bits per heavy atom. The molecule has 33 heavy (non-hydrogen) atoms. The molecule has 10 heteroatoms. The van der Waals surface area contributed by atoms with Crippen LogP contribution in [0.4, 0.5) is 4.39 Å². The SMILES string of the molecule is O=C(NCc1ccc(F)cc1)c1cn2ccn(CCCN3CCOCC3)c(=O)c2c(O)c1=O. The first-order valence-corrected chi connectivity index (χ1v) is 10.7. The van der Waals surface area contributed by atoms with Crippen LogP contribution >= 0.6 is 0 Å². The molecule has 2 aromatic heterocycles. The lowest BCUT2D eigenvalue weighted by atomic mass is 10.2. The van der Waals surface area contributed by atoms with Crippen LogP contribution in [0.5, 0.6) is 5.75 Å². The molecule has 0 atom stereocenters. The number of halogens is 1. The van der Waals surface area contributed by atoms with E-state index in [1.165, 1.54) is 45.6 Å². The van der Waals surface area contributed by atoms with Crippen LogP contribution in [0.3, 0.4) is 0 Å². The summed E-state index contributed by atoms with van der Waals surface area (Å²) in [6, 6.07) is 5.57. The number of hydrogen-bond donors (Lipinski definition) is 2. The Hall–Kier alpha value is -3.50. The molecule has 0 aliphatic carbocycles. The standard InChI is InChI=1S/C23H25FN4O5/c24-17-4-2-16(3-5-17)14-25-22(31)18-15-28-9-8-27(23(32)19(28)21(30)20(18)29)7-1-6-26-10-12-33-13-11-26/h2-5,8-9,15,30H,1,6-7,10-14H2,(H,25,31). The number of fused-ring (bicyclic) bond motifs is 1. The molecule has 0 bridgehead atoms. The van der Waals surface area contributed by atoms with E-state index in [2.05, 4.69) is 10.2 Å². The fourth-order valence-corrected chi connectivity index (χ4v) is 3.81. The number of aromatic nitrogens is 2. The maximum Gasteiger partial charge on any atom is 0.278 e. The first-order chi connectivity index (χ1) is 15.9. The van der Waals surface area contributed by atoms with E-state index in [0.29, 0.717) is 25.3 Å². The van der Waals surface area contributed by atoms with Gasteiger partial charge in [-0.3, -0.25) is 19.3 Å². The van der Waals surface area contributed by atoms with Gasteiger partial charge in [-0.15, -0.1) is 0 Å². The van der Waals surface area contributed by atoms with Crippen molar-refractivity contribution in [3.8, 4) is 5.75 Å². The minimum Gasteiger partial charge on any atom is -0.503 e. The number of nitrogens with one attached hydrogen (secondary N) is 1. The van der Waals surface area contributed by atoms with Gasteiger partial charge >= 0.3 is 0 Å². The molecule has 3 heterocycles. The zero-order valence-electron chi connectivity index (χ0n) is 18.0. The van der Waals surface area contributed by atoms with E-state index in [-0.39, 0.29) is 17.6 Å². The first-order valence-electron chi connectivity index (χ1n) is 10.7. The van der Waals surface area contributed by atoms with Gasteiger partial charge in [0.2, 0.25) is 5.43 Å². The number of aryl methyl sites for hydroxylation is 1. The fourth-order valence-electron chi connectivity index (χ4n) is 3.81. The number of ether oxygens (including phenoxy) is 1. The number of rotatable bonds is 7. The van der Waals surface area contributed by atoms with E-state index in [4.69, 9.17) is 4.74 Å². The molecule has 1 aliphatic rings. The lowest BCUT2D eigenvalue weighted by Crippen LogP contribution is -2.37. The number of benzene rings is 1. The molecule has 174 valence electrons. The minimum atomic E-state index is -0.922. The van der Waals surface area contributed by atoms with Crippen molar-refractivity contribution in [3.63, 3.8) is 0 Å². The van der Waals surface area contributed by atoms with Gasteiger partial charge in [0.05, 0.1) is 13.2 Å². The van der Waals surface area contributed by atoms with Crippen LogP contribution in [-0.2, 0) is 17.8 Å². The molecule has 0 spiro atoms. The van der Waals surface area contributed by atoms with Crippen LogP contribution in [0.2, 0.25) is 0 Å². The number of aromatic hydroxyl groups is 1. The second-order valence-corrected chi connectivity index (χ2v) is 7.89. The van der Waals surface area contributed by atoms with E-state index < -0.39 is 28.5 Å². The largest absolute Gasteiger partial charge is 0.503 e. The molecule has 1 aliphatic heterocycles. The zero-order valence-corrected chi connectivity index (χ0v) is 18.0. The molecule has 1 aromatic carbocycles. The van der Waals surface area contributed by atoms with Crippen molar-refractivity contribution in [2.75, 3.05) is 32.8 Å². The topological polar surface area (TPSA) is 105 Å². The highest BCUT2D eigenvalue weighted by Gasteiger charge is 2.19. The summed E-state index contributed by atoms with van der Waals surface area (Å²) >= 11 is 0. The van der Waals surface area contributed by atoms with Crippen molar-refractivity contribution in [3.05, 3.63) is 80.4 Å².